The van der Waals surface area contributed by atoms with Gasteiger partial charge in [-0.2, -0.15) is 4.99 Å². The number of rotatable bonds is 4. The van der Waals surface area contributed by atoms with Crippen LogP contribution in [0.4, 0.5) is 18.9 Å². The summed E-state index contributed by atoms with van der Waals surface area (Å²) in [5, 5.41) is 1.94. The Bertz CT molecular complexity index is 1050. The van der Waals surface area contributed by atoms with Crippen LogP contribution >= 0.6 is 23.6 Å². The average molecular weight is 416 g/mol. The first-order valence-electron chi connectivity index (χ1n) is 9.04. The molecule has 0 atom stereocenters. The molecular weight excluding hydrogens is 399 g/mol. The summed E-state index contributed by atoms with van der Waals surface area (Å²) in [6.07, 6.45) is 4.97. The fourth-order valence-corrected chi connectivity index (χ4v) is 4.98. The number of thiophene rings is 1. The minimum absolute atomic E-state index is 0.111. The van der Waals surface area contributed by atoms with Gasteiger partial charge in [-0.3, -0.25) is 0 Å². The first-order valence-corrected chi connectivity index (χ1v) is 10.3. The normalized spacial score (nSPS) is 14.2. The Labute approximate surface area is 170 Å². The van der Waals surface area contributed by atoms with Crippen molar-refractivity contribution in [1.82, 2.24) is 0 Å². The molecule has 3 aromatic rings. The van der Waals surface area contributed by atoms with Gasteiger partial charge in [-0.1, -0.05) is 25.0 Å². The van der Waals surface area contributed by atoms with Gasteiger partial charge in [-0.15, -0.1) is 11.3 Å². The molecule has 0 aliphatic heterocycles. The molecule has 1 nitrogen and oxygen atoms in total. The maximum absolute atomic E-state index is 14.7. The van der Waals surface area contributed by atoms with E-state index in [9.17, 15) is 13.2 Å². The highest BCUT2D eigenvalue weighted by atomic mass is 32.1. The monoisotopic (exact) mass is 415 g/mol. The summed E-state index contributed by atoms with van der Waals surface area (Å²) in [5.74, 6) is -1.73. The van der Waals surface area contributed by atoms with Crippen LogP contribution in [0.2, 0.25) is 0 Å². The molecule has 0 saturated heterocycles. The van der Waals surface area contributed by atoms with Crippen LogP contribution in [0.5, 0.6) is 0 Å². The third-order valence-electron chi connectivity index (χ3n) is 5.12. The van der Waals surface area contributed by atoms with Crippen LogP contribution in [0.15, 0.2) is 47.5 Å². The number of hydrogen-bond acceptors (Lipinski definition) is 3. The van der Waals surface area contributed by atoms with Crippen LogP contribution in [0, 0.1) is 17.5 Å². The van der Waals surface area contributed by atoms with E-state index in [2.05, 4.69) is 23.3 Å². The van der Waals surface area contributed by atoms with Crippen molar-refractivity contribution in [1.29, 1.82) is 0 Å². The molecule has 1 aromatic heterocycles. The van der Waals surface area contributed by atoms with Gasteiger partial charge in [0.05, 0.1) is 5.16 Å². The molecule has 1 aliphatic carbocycles. The van der Waals surface area contributed by atoms with Crippen LogP contribution in [-0.4, -0.2) is 5.16 Å². The van der Waals surface area contributed by atoms with E-state index in [0.29, 0.717) is 5.92 Å². The van der Waals surface area contributed by atoms with E-state index >= 15 is 0 Å². The van der Waals surface area contributed by atoms with Crippen molar-refractivity contribution in [3.8, 4) is 21.6 Å². The Morgan fingerprint density at radius 1 is 0.893 bits per heavy atom. The van der Waals surface area contributed by atoms with Crippen LogP contribution in [-0.2, 0) is 0 Å². The topological polar surface area (TPSA) is 12.4 Å². The Hall–Kier alpha value is -2.27. The summed E-state index contributed by atoms with van der Waals surface area (Å²) in [7, 11) is 0. The number of aliphatic imine (C=N–C) groups is 1. The van der Waals surface area contributed by atoms with Gasteiger partial charge in [0, 0.05) is 15.3 Å². The quantitative estimate of drug-likeness (QED) is 0.312. The van der Waals surface area contributed by atoms with Crippen molar-refractivity contribution in [3.05, 3.63) is 64.8 Å². The van der Waals surface area contributed by atoms with Crippen LogP contribution < -0.4 is 0 Å². The largest absolute Gasteiger partial charge is 0.206 e. The number of halogens is 3. The zero-order valence-electron chi connectivity index (χ0n) is 14.8. The third kappa shape index (κ3) is 3.68. The standard InChI is InChI=1S/C22H16F3NS2/c23-17-9-14(21-8-7-20(28-21)13-3-1-2-4-13)5-6-16(17)15-10-18(24)22(26-12-27)19(25)11-15/h5-11,13H,1-4H2. The van der Waals surface area contributed by atoms with E-state index in [-0.39, 0.29) is 11.1 Å². The summed E-state index contributed by atoms with van der Waals surface area (Å²) in [5.41, 5.74) is 0.486. The highest BCUT2D eigenvalue weighted by Crippen LogP contribution is 2.41. The molecule has 0 bridgehead atoms. The lowest BCUT2D eigenvalue weighted by molar-refractivity contribution is 0.588. The minimum atomic E-state index is -0.907. The number of hydrogen-bond donors (Lipinski definition) is 0. The lowest BCUT2D eigenvalue weighted by atomic mass is 10.0. The van der Waals surface area contributed by atoms with Crippen molar-refractivity contribution in [3.63, 3.8) is 0 Å². The fourth-order valence-electron chi connectivity index (χ4n) is 3.71. The zero-order valence-corrected chi connectivity index (χ0v) is 16.5. The lowest BCUT2D eigenvalue weighted by Crippen LogP contribution is -1.90. The van der Waals surface area contributed by atoms with Gasteiger partial charge in [0.25, 0.3) is 0 Å². The first-order chi connectivity index (χ1) is 13.6. The molecule has 0 amide bonds. The molecule has 1 saturated carbocycles. The predicted octanol–water partition coefficient (Wildman–Crippen LogP) is 7.89. The molecule has 2 aromatic carbocycles. The maximum Gasteiger partial charge on any atom is 0.153 e. The second-order valence-corrected chi connectivity index (χ2v) is 8.17. The number of nitrogens with zero attached hydrogens (tertiary/aromatic N) is 1. The Kier molecular flexibility index (Phi) is 5.44. The van der Waals surface area contributed by atoms with E-state index in [1.807, 2.05) is 11.2 Å². The summed E-state index contributed by atoms with van der Waals surface area (Å²) in [6, 6.07) is 11.0. The fraction of sp³-hybridized carbons (Fsp3) is 0.227. The van der Waals surface area contributed by atoms with Crippen molar-refractivity contribution in [2.24, 2.45) is 4.99 Å². The van der Waals surface area contributed by atoms with Crippen molar-refractivity contribution in [2.75, 3.05) is 0 Å². The SMILES string of the molecule is Fc1cc(-c2ccc(C3CCCC3)s2)ccc1-c1cc(F)c(N=C=S)c(F)c1. The van der Waals surface area contributed by atoms with Crippen LogP contribution in [0.3, 0.4) is 0 Å². The average Bonchev–Trinajstić information content (AvgIpc) is 3.35. The molecular formula is C22H16F3NS2. The van der Waals surface area contributed by atoms with Gasteiger partial charge >= 0.3 is 0 Å². The number of benzene rings is 2. The summed E-state index contributed by atoms with van der Waals surface area (Å²) in [4.78, 5) is 5.71. The molecule has 0 spiro atoms. The maximum atomic E-state index is 14.7. The molecule has 0 radical (unpaired) electrons. The number of thiocarbonyl (C=S) groups is 1. The lowest BCUT2D eigenvalue weighted by Gasteiger charge is -2.08. The molecule has 1 aliphatic rings. The van der Waals surface area contributed by atoms with Gasteiger partial charge in [0.1, 0.15) is 11.5 Å². The smallest absolute Gasteiger partial charge is 0.153 e. The minimum Gasteiger partial charge on any atom is -0.206 e. The van der Waals surface area contributed by atoms with E-state index in [0.717, 1.165) is 22.6 Å². The zero-order chi connectivity index (χ0) is 19.7. The highest BCUT2D eigenvalue weighted by Gasteiger charge is 2.19. The summed E-state index contributed by atoms with van der Waals surface area (Å²) in [6.45, 7) is 0. The van der Waals surface area contributed by atoms with Crippen molar-refractivity contribution in [2.45, 2.75) is 31.6 Å². The van der Waals surface area contributed by atoms with Crippen LogP contribution in [0.25, 0.3) is 21.6 Å². The second-order valence-electron chi connectivity index (χ2n) is 6.87. The van der Waals surface area contributed by atoms with Gasteiger partial charge in [-0.05, 0) is 72.4 Å². The van der Waals surface area contributed by atoms with Crippen LogP contribution in [0.1, 0.15) is 36.5 Å². The number of isothiocyanates is 1. The van der Waals surface area contributed by atoms with E-state index in [1.54, 1.807) is 23.5 Å². The summed E-state index contributed by atoms with van der Waals surface area (Å²) >= 11 is 6.08. The first kappa shape index (κ1) is 19.1. The highest BCUT2D eigenvalue weighted by molar-refractivity contribution is 7.78. The third-order valence-corrected chi connectivity index (χ3v) is 6.51. The summed E-state index contributed by atoms with van der Waals surface area (Å²) < 4.78 is 42.9. The molecule has 1 heterocycles. The van der Waals surface area contributed by atoms with E-state index < -0.39 is 23.1 Å². The predicted molar refractivity (Wildman–Crippen MR) is 111 cm³/mol. The Morgan fingerprint density at radius 2 is 1.57 bits per heavy atom. The van der Waals surface area contributed by atoms with E-state index in [1.165, 1.54) is 36.6 Å². The molecule has 0 unspecified atom stereocenters. The van der Waals surface area contributed by atoms with Gasteiger partial charge in [0.15, 0.2) is 11.6 Å². The molecule has 1 fully saturated rings. The molecule has 28 heavy (non-hydrogen) atoms. The Morgan fingerprint density at radius 3 is 2.21 bits per heavy atom. The second kappa shape index (κ2) is 8.00. The van der Waals surface area contributed by atoms with Gasteiger partial charge in [0.2, 0.25) is 0 Å². The Balaban J connectivity index is 1.66. The molecule has 4 rings (SSSR count). The van der Waals surface area contributed by atoms with E-state index in [4.69, 9.17) is 0 Å². The molecule has 6 heteroatoms. The molecule has 142 valence electrons. The van der Waals surface area contributed by atoms with Crippen molar-refractivity contribution >= 4 is 34.4 Å². The van der Waals surface area contributed by atoms with Gasteiger partial charge in [-0.25, -0.2) is 13.2 Å². The van der Waals surface area contributed by atoms with Gasteiger partial charge < -0.3 is 0 Å². The molecule has 0 N–H and O–H groups in total. The van der Waals surface area contributed by atoms with Crippen molar-refractivity contribution < 1.29 is 13.2 Å².